The Bertz CT molecular complexity index is 1490. The minimum absolute atomic E-state index is 0.00300. The van der Waals surface area contributed by atoms with Crippen molar-refractivity contribution in [1.29, 1.82) is 0 Å². The van der Waals surface area contributed by atoms with E-state index in [4.69, 9.17) is 18.9 Å². The van der Waals surface area contributed by atoms with Gasteiger partial charge in [0, 0.05) is 33.9 Å². The standard InChI is InChI=1S/C32H32O8/c1-17(2)29(33)37-24-12-13-25(27(16-24)39-31(35)19(5)6)22(10)21(9)23-11-14-26(38-30(34)18(3)4)28(15-23)40-32(36)20(7)8/h11-16H,1,3,5,7H2,2,4,6,8-10H3/b22-21+. The number of esters is 4. The second kappa shape index (κ2) is 13.2. The average Bonchev–Trinajstić information content (AvgIpc) is 2.88. The Hall–Kier alpha value is -4.98. The maximum atomic E-state index is 12.4. The van der Waals surface area contributed by atoms with Crippen molar-refractivity contribution in [3.05, 3.63) is 96.1 Å². The van der Waals surface area contributed by atoms with Crippen LogP contribution in [0.5, 0.6) is 23.0 Å². The van der Waals surface area contributed by atoms with Gasteiger partial charge in [-0.2, -0.15) is 0 Å². The van der Waals surface area contributed by atoms with Gasteiger partial charge in [-0.25, -0.2) is 19.2 Å². The van der Waals surface area contributed by atoms with Crippen LogP contribution in [0.15, 0.2) is 85.0 Å². The molecule has 0 radical (unpaired) electrons. The van der Waals surface area contributed by atoms with Gasteiger partial charge < -0.3 is 18.9 Å². The topological polar surface area (TPSA) is 105 Å². The summed E-state index contributed by atoms with van der Waals surface area (Å²) in [7, 11) is 0. The molecule has 0 N–H and O–H groups in total. The van der Waals surface area contributed by atoms with Crippen molar-refractivity contribution in [2.75, 3.05) is 0 Å². The Morgan fingerprint density at radius 1 is 0.500 bits per heavy atom. The summed E-state index contributed by atoms with van der Waals surface area (Å²) in [6.45, 7) is 24.0. The van der Waals surface area contributed by atoms with Crippen molar-refractivity contribution >= 4 is 35.0 Å². The van der Waals surface area contributed by atoms with Crippen LogP contribution < -0.4 is 18.9 Å². The van der Waals surface area contributed by atoms with Crippen molar-refractivity contribution in [3.63, 3.8) is 0 Å². The molecule has 2 aromatic rings. The third-order valence-corrected chi connectivity index (χ3v) is 5.51. The number of carbonyl (C=O) groups is 4. The molecule has 2 rings (SSSR count). The predicted octanol–water partition coefficient (Wildman–Crippen LogP) is 6.56. The van der Waals surface area contributed by atoms with Gasteiger partial charge in [-0.05, 0) is 82.5 Å². The monoisotopic (exact) mass is 544 g/mol. The van der Waals surface area contributed by atoms with Gasteiger partial charge in [-0.1, -0.05) is 32.4 Å². The lowest BCUT2D eigenvalue weighted by Gasteiger charge is -2.16. The molecular weight excluding hydrogens is 512 g/mol. The molecule has 40 heavy (non-hydrogen) atoms. The van der Waals surface area contributed by atoms with Crippen LogP contribution in [0, 0.1) is 0 Å². The Kier molecular flexibility index (Phi) is 10.3. The molecule has 0 amide bonds. The van der Waals surface area contributed by atoms with E-state index in [9.17, 15) is 19.2 Å². The molecule has 0 aliphatic carbocycles. The molecule has 0 aromatic heterocycles. The van der Waals surface area contributed by atoms with E-state index in [2.05, 4.69) is 26.3 Å². The van der Waals surface area contributed by atoms with Crippen LogP contribution in [0.1, 0.15) is 52.7 Å². The molecule has 0 fully saturated rings. The van der Waals surface area contributed by atoms with Crippen LogP contribution in [-0.4, -0.2) is 23.9 Å². The van der Waals surface area contributed by atoms with Gasteiger partial charge in [0.25, 0.3) is 0 Å². The summed E-state index contributed by atoms with van der Waals surface area (Å²) in [6, 6.07) is 9.35. The lowest BCUT2D eigenvalue weighted by molar-refractivity contribution is -0.132. The summed E-state index contributed by atoms with van der Waals surface area (Å²) in [5, 5.41) is 0. The van der Waals surface area contributed by atoms with Crippen LogP contribution in [0.25, 0.3) is 11.1 Å². The Morgan fingerprint density at radius 2 is 0.950 bits per heavy atom. The summed E-state index contributed by atoms with van der Waals surface area (Å²) < 4.78 is 21.6. The molecule has 0 saturated heterocycles. The number of benzene rings is 2. The number of allylic oxidation sites excluding steroid dienone is 2. The number of carbonyl (C=O) groups excluding carboxylic acids is 4. The molecule has 0 heterocycles. The average molecular weight is 545 g/mol. The highest BCUT2D eigenvalue weighted by Crippen LogP contribution is 2.38. The summed E-state index contributed by atoms with van der Waals surface area (Å²) >= 11 is 0. The fraction of sp³-hybridized carbons (Fsp3) is 0.188. The van der Waals surface area contributed by atoms with Crippen molar-refractivity contribution in [1.82, 2.24) is 0 Å². The first-order chi connectivity index (χ1) is 18.6. The lowest BCUT2D eigenvalue weighted by atomic mass is 9.96. The third kappa shape index (κ3) is 8.01. The van der Waals surface area contributed by atoms with Crippen molar-refractivity contribution in [2.24, 2.45) is 0 Å². The first kappa shape index (κ1) is 31.2. The molecule has 0 unspecified atom stereocenters. The van der Waals surface area contributed by atoms with Crippen LogP contribution in [0.3, 0.4) is 0 Å². The van der Waals surface area contributed by atoms with Crippen LogP contribution >= 0.6 is 0 Å². The van der Waals surface area contributed by atoms with E-state index in [0.29, 0.717) is 22.3 Å². The van der Waals surface area contributed by atoms with E-state index in [-0.39, 0.29) is 45.3 Å². The van der Waals surface area contributed by atoms with E-state index < -0.39 is 23.9 Å². The zero-order chi connectivity index (χ0) is 30.3. The fourth-order valence-electron chi connectivity index (χ4n) is 3.04. The minimum atomic E-state index is -0.697. The third-order valence-electron chi connectivity index (χ3n) is 5.51. The molecule has 2 aromatic carbocycles. The number of hydrogen-bond acceptors (Lipinski definition) is 8. The van der Waals surface area contributed by atoms with Gasteiger partial charge >= 0.3 is 23.9 Å². The zero-order valence-corrected chi connectivity index (χ0v) is 23.6. The Labute approximate surface area is 233 Å². The molecule has 0 saturated carbocycles. The number of ether oxygens (including phenoxy) is 4. The zero-order valence-electron chi connectivity index (χ0n) is 23.6. The maximum Gasteiger partial charge on any atom is 0.338 e. The molecule has 0 aliphatic rings. The van der Waals surface area contributed by atoms with E-state index >= 15 is 0 Å². The molecule has 0 aliphatic heterocycles. The molecule has 208 valence electrons. The van der Waals surface area contributed by atoms with Gasteiger partial charge in [-0.15, -0.1) is 0 Å². The second-order valence-electron chi connectivity index (χ2n) is 9.25. The lowest BCUT2D eigenvalue weighted by Crippen LogP contribution is -2.13. The quantitative estimate of drug-likeness (QED) is 0.143. The van der Waals surface area contributed by atoms with E-state index in [1.807, 2.05) is 6.92 Å². The SMILES string of the molecule is C=C(C)C(=O)Oc1ccc(/C(C)=C(\C)c2ccc(OC(=O)C(=C)C)c(OC(=O)C(=C)C)c2)c(OC(=O)C(=C)C)c1. The number of hydrogen-bond donors (Lipinski definition) is 0. The summed E-state index contributed by atoms with van der Waals surface area (Å²) in [5.74, 6) is -2.34. The molecule has 8 nitrogen and oxygen atoms in total. The molecular formula is C32H32O8. The van der Waals surface area contributed by atoms with Crippen LogP contribution in [0.2, 0.25) is 0 Å². The van der Waals surface area contributed by atoms with Crippen LogP contribution in [-0.2, 0) is 19.2 Å². The maximum absolute atomic E-state index is 12.4. The van der Waals surface area contributed by atoms with Gasteiger partial charge in [-0.3, -0.25) is 0 Å². The van der Waals surface area contributed by atoms with E-state index in [1.165, 1.54) is 39.8 Å². The summed E-state index contributed by atoms with van der Waals surface area (Å²) in [5.41, 5.74) is 3.25. The molecule has 0 bridgehead atoms. The fourth-order valence-corrected chi connectivity index (χ4v) is 3.04. The normalized spacial score (nSPS) is 10.9. The van der Waals surface area contributed by atoms with Gasteiger partial charge in [0.15, 0.2) is 11.5 Å². The second-order valence-corrected chi connectivity index (χ2v) is 9.25. The van der Waals surface area contributed by atoms with Gasteiger partial charge in [0.1, 0.15) is 11.5 Å². The van der Waals surface area contributed by atoms with Crippen LogP contribution in [0.4, 0.5) is 0 Å². The first-order valence-corrected chi connectivity index (χ1v) is 12.1. The highest BCUT2D eigenvalue weighted by molar-refractivity contribution is 5.95. The number of rotatable bonds is 10. The van der Waals surface area contributed by atoms with E-state index in [0.717, 1.165) is 0 Å². The van der Waals surface area contributed by atoms with E-state index in [1.54, 1.807) is 31.2 Å². The predicted molar refractivity (Wildman–Crippen MR) is 153 cm³/mol. The minimum Gasteiger partial charge on any atom is -0.423 e. The smallest absolute Gasteiger partial charge is 0.338 e. The Morgan fingerprint density at radius 3 is 1.45 bits per heavy atom. The van der Waals surface area contributed by atoms with Gasteiger partial charge in [0.05, 0.1) is 0 Å². The summed E-state index contributed by atoms with van der Waals surface area (Å²) in [6.07, 6.45) is 0. The highest BCUT2D eigenvalue weighted by Gasteiger charge is 2.19. The Balaban J connectivity index is 2.64. The molecule has 0 atom stereocenters. The van der Waals surface area contributed by atoms with Crippen molar-refractivity contribution in [3.8, 4) is 23.0 Å². The van der Waals surface area contributed by atoms with Crippen molar-refractivity contribution < 1.29 is 38.1 Å². The largest absolute Gasteiger partial charge is 0.423 e. The van der Waals surface area contributed by atoms with Gasteiger partial charge in [0.2, 0.25) is 0 Å². The molecule has 8 heteroatoms. The highest BCUT2D eigenvalue weighted by atomic mass is 16.6. The first-order valence-electron chi connectivity index (χ1n) is 12.1. The molecule has 0 spiro atoms. The summed E-state index contributed by atoms with van der Waals surface area (Å²) in [4.78, 5) is 48.8. The van der Waals surface area contributed by atoms with Crippen molar-refractivity contribution in [2.45, 2.75) is 41.5 Å².